The van der Waals surface area contributed by atoms with Crippen LogP contribution in [0.5, 0.6) is 0 Å². The van der Waals surface area contributed by atoms with Crippen LogP contribution < -0.4 is 11.1 Å². The van der Waals surface area contributed by atoms with Crippen molar-refractivity contribution in [2.24, 2.45) is 11.1 Å². The van der Waals surface area contributed by atoms with Gasteiger partial charge in [0.1, 0.15) is 6.10 Å². The van der Waals surface area contributed by atoms with E-state index >= 15 is 0 Å². The molecule has 0 aromatic carbocycles. The van der Waals surface area contributed by atoms with Crippen LogP contribution in [0.1, 0.15) is 58.8 Å². The molecule has 0 aliphatic heterocycles. The molecule has 0 bridgehead atoms. The van der Waals surface area contributed by atoms with Crippen LogP contribution in [-0.4, -0.2) is 29.7 Å². The maximum absolute atomic E-state index is 11.8. The second kappa shape index (κ2) is 7.10. The van der Waals surface area contributed by atoms with Crippen LogP contribution in [0, 0.1) is 5.41 Å². The van der Waals surface area contributed by atoms with Crippen molar-refractivity contribution >= 4 is 5.91 Å². The van der Waals surface area contributed by atoms with E-state index in [-0.39, 0.29) is 11.3 Å². The van der Waals surface area contributed by atoms with Crippen molar-refractivity contribution < 1.29 is 9.90 Å². The van der Waals surface area contributed by atoms with E-state index in [2.05, 4.69) is 19.2 Å². The van der Waals surface area contributed by atoms with Crippen LogP contribution in [0.4, 0.5) is 0 Å². The van der Waals surface area contributed by atoms with Gasteiger partial charge in [-0.05, 0) is 24.7 Å². The number of aliphatic hydroxyl groups is 1. The quantitative estimate of drug-likeness (QED) is 0.647. The Morgan fingerprint density at radius 3 is 2.61 bits per heavy atom. The first kappa shape index (κ1) is 15.4. The number of nitrogens with one attached hydrogen (secondary N) is 1. The summed E-state index contributed by atoms with van der Waals surface area (Å²) in [7, 11) is 0. The van der Waals surface area contributed by atoms with Gasteiger partial charge in [0.15, 0.2) is 0 Å². The predicted octanol–water partition coefficient (Wildman–Crippen LogP) is 1.56. The Morgan fingerprint density at radius 2 is 2.06 bits per heavy atom. The standard InChI is InChI=1S/C14H28N2O2/c1-3-4-7-11(15)12(17)13(18)16-10-14(2)8-5-6-9-14/h11-12,17H,3-10,15H2,1-2H3,(H,16,18)/t11-,12?/m0/s1. The number of rotatable bonds is 7. The molecule has 1 rings (SSSR count). The van der Waals surface area contributed by atoms with Crippen molar-refractivity contribution in [1.82, 2.24) is 5.32 Å². The molecule has 1 saturated carbocycles. The first-order valence-electron chi connectivity index (χ1n) is 7.20. The Hall–Kier alpha value is -0.610. The lowest BCUT2D eigenvalue weighted by atomic mass is 9.89. The van der Waals surface area contributed by atoms with Crippen LogP contribution in [-0.2, 0) is 4.79 Å². The highest BCUT2D eigenvalue weighted by Gasteiger charge is 2.30. The normalized spacial score (nSPS) is 21.6. The number of hydrogen-bond acceptors (Lipinski definition) is 3. The van der Waals surface area contributed by atoms with E-state index in [1.54, 1.807) is 0 Å². The minimum Gasteiger partial charge on any atom is -0.382 e. The number of carbonyl (C=O) groups excluding carboxylic acids is 1. The molecule has 2 atom stereocenters. The zero-order valence-corrected chi connectivity index (χ0v) is 11.7. The fourth-order valence-electron chi connectivity index (χ4n) is 2.60. The smallest absolute Gasteiger partial charge is 0.250 e. The zero-order chi connectivity index (χ0) is 13.6. The Morgan fingerprint density at radius 1 is 1.44 bits per heavy atom. The topological polar surface area (TPSA) is 75.3 Å². The lowest BCUT2D eigenvalue weighted by Crippen LogP contribution is -2.48. The molecule has 106 valence electrons. The first-order valence-corrected chi connectivity index (χ1v) is 7.20. The summed E-state index contributed by atoms with van der Waals surface area (Å²) < 4.78 is 0. The molecule has 1 aliphatic carbocycles. The Balaban J connectivity index is 2.30. The SMILES string of the molecule is CCCC[C@H](N)C(O)C(=O)NCC1(C)CCCC1. The molecule has 1 fully saturated rings. The van der Waals surface area contributed by atoms with Gasteiger partial charge in [-0.15, -0.1) is 0 Å². The first-order chi connectivity index (χ1) is 8.48. The van der Waals surface area contributed by atoms with Gasteiger partial charge in [0, 0.05) is 12.6 Å². The highest BCUT2D eigenvalue weighted by Crippen LogP contribution is 2.36. The third-order valence-corrected chi connectivity index (χ3v) is 4.07. The van der Waals surface area contributed by atoms with E-state index in [1.807, 2.05) is 0 Å². The van der Waals surface area contributed by atoms with Gasteiger partial charge in [-0.25, -0.2) is 0 Å². The van der Waals surface area contributed by atoms with Gasteiger partial charge in [0.25, 0.3) is 0 Å². The third kappa shape index (κ3) is 4.58. The summed E-state index contributed by atoms with van der Waals surface area (Å²) in [6.45, 7) is 4.92. The number of unbranched alkanes of at least 4 members (excludes halogenated alkanes) is 1. The van der Waals surface area contributed by atoms with Gasteiger partial charge >= 0.3 is 0 Å². The van der Waals surface area contributed by atoms with Crippen molar-refractivity contribution in [2.45, 2.75) is 70.9 Å². The van der Waals surface area contributed by atoms with Crippen molar-refractivity contribution in [2.75, 3.05) is 6.54 Å². The van der Waals surface area contributed by atoms with Crippen molar-refractivity contribution in [1.29, 1.82) is 0 Å². The molecule has 0 radical (unpaired) electrons. The van der Waals surface area contributed by atoms with Gasteiger partial charge in [-0.2, -0.15) is 0 Å². The van der Waals surface area contributed by atoms with Gasteiger partial charge in [0.05, 0.1) is 0 Å². The summed E-state index contributed by atoms with van der Waals surface area (Å²) in [5.41, 5.74) is 6.02. The minimum atomic E-state index is -1.07. The molecule has 0 aromatic rings. The van der Waals surface area contributed by atoms with Crippen molar-refractivity contribution in [3.8, 4) is 0 Å². The summed E-state index contributed by atoms with van der Waals surface area (Å²) in [6, 6.07) is -0.443. The average molecular weight is 256 g/mol. The molecule has 0 heterocycles. The second-order valence-electron chi connectivity index (χ2n) is 5.99. The molecule has 0 saturated heterocycles. The van der Waals surface area contributed by atoms with Gasteiger partial charge in [0.2, 0.25) is 5.91 Å². The van der Waals surface area contributed by atoms with Crippen molar-refractivity contribution in [3.05, 3.63) is 0 Å². The zero-order valence-electron chi connectivity index (χ0n) is 11.7. The maximum atomic E-state index is 11.8. The molecular formula is C14H28N2O2. The van der Waals surface area contributed by atoms with E-state index in [9.17, 15) is 9.90 Å². The van der Waals surface area contributed by atoms with Crippen LogP contribution in [0.3, 0.4) is 0 Å². The van der Waals surface area contributed by atoms with Crippen molar-refractivity contribution in [3.63, 3.8) is 0 Å². The summed E-state index contributed by atoms with van der Waals surface area (Å²) in [5.74, 6) is -0.313. The molecule has 1 amide bonds. The van der Waals surface area contributed by atoms with E-state index in [0.29, 0.717) is 13.0 Å². The number of aliphatic hydroxyl groups excluding tert-OH is 1. The second-order valence-corrected chi connectivity index (χ2v) is 5.99. The highest BCUT2D eigenvalue weighted by molar-refractivity contribution is 5.81. The molecule has 0 spiro atoms. The molecule has 4 heteroatoms. The largest absolute Gasteiger partial charge is 0.382 e. The lowest BCUT2D eigenvalue weighted by molar-refractivity contribution is -0.130. The Kier molecular flexibility index (Phi) is 6.09. The Bertz CT molecular complexity index is 263. The van der Waals surface area contributed by atoms with E-state index < -0.39 is 12.1 Å². The van der Waals surface area contributed by atoms with Gasteiger partial charge < -0.3 is 16.2 Å². The monoisotopic (exact) mass is 256 g/mol. The summed E-state index contributed by atoms with van der Waals surface area (Å²) in [6.07, 6.45) is 6.40. The van der Waals surface area contributed by atoms with Crippen LogP contribution >= 0.6 is 0 Å². The molecule has 18 heavy (non-hydrogen) atoms. The average Bonchev–Trinajstić information content (AvgIpc) is 2.79. The molecule has 4 N–H and O–H groups in total. The predicted molar refractivity (Wildman–Crippen MR) is 73.1 cm³/mol. The number of hydrogen-bond donors (Lipinski definition) is 3. The number of carbonyl (C=O) groups is 1. The fraction of sp³-hybridized carbons (Fsp3) is 0.929. The molecule has 0 aromatic heterocycles. The van der Waals surface area contributed by atoms with E-state index in [1.165, 1.54) is 12.8 Å². The summed E-state index contributed by atoms with van der Waals surface area (Å²) in [5, 5.41) is 12.7. The Labute approximate surface area is 110 Å². The number of amides is 1. The molecule has 1 aliphatic rings. The molecule has 4 nitrogen and oxygen atoms in total. The fourth-order valence-corrected chi connectivity index (χ4v) is 2.60. The maximum Gasteiger partial charge on any atom is 0.250 e. The lowest BCUT2D eigenvalue weighted by Gasteiger charge is -2.25. The third-order valence-electron chi connectivity index (χ3n) is 4.07. The molecule has 1 unspecified atom stereocenters. The minimum absolute atomic E-state index is 0.211. The molecular weight excluding hydrogens is 228 g/mol. The highest BCUT2D eigenvalue weighted by atomic mass is 16.3. The summed E-state index contributed by atoms with van der Waals surface area (Å²) >= 11 is 0. The van der Waals surface area contributed by atoms with E-state index in [0.717, 1.165) is 25.7 Å². The van der Waals surface area contributed by atoms with Crippen LogP contribution in [0.25, 0.3) is 0 Å². The van der Waals surface area contributed by atoms with Crippen LogP contribution in [0.2, 0.25) is 0 Å². The van der Waals surface area contributed by atoms with Gasteiger partial charge in [-0.1, -0.05) is 39.5 Å². The van der Waals surface area contributed by atoms with E-state index in [4.69, 9.17) is 5.73 Å². The van der Waals surface area contributed by atoms with Gasteiger partial charge in [-0.3, -0.25) is 4.79 Å². The summed E-state index contributed by atoms with van der Waals surface area (Å²) in [4.78, 5) is 11.8. The number of nitrogens with two attached hydrogens (primary N) is 1. The van der Waals surface area contributed by atoms with Crippen LogP contribution in [0.15, 0.2) is 0 Å².